The Hall–Kier alpha value is -2.95. The maximum absolute atomic E-state index is 13.6. The molecule has 4 rings (SSSR count). The molecule has 1 aliphatic heterocycles. The van der Waals surface area contributed by atoms with Crippen molar-refractivity contribution in [3.05, 3.63) is 102 Å². The molecule has 3 aromatic carbocycles. The average molecular weight is 476 g/mol. The first kappa shape index (κ1) is 24.2. The van der Waals surface area contributed by atoms with E-state index in [9.17, 15) is 13.5 Å². The van der Waals surface area contributed by atoms with E-state index in [1.807, 2.05) is 67.6 Å². The molecular formula is C28H29NO4S. The van der Waals surface area contributed by atoms with Crippen LogP contribution in [0.25, 0.3) is 0 Å². The maximum Gasteiger partial charge on any atom is 0.244 e. The zero-order chi connectivity index (χ0) is 24.4. The van der Waals surface area contributed by atoms with Gasteiger partial charge in [-0.3, -0.25) is 0 Å². The summed E-state index contributed by atoms with van der Waals surface area (Å²) < 4.78 is 34.4. The quantitative estimate of drug-likeness (QED) is 0.412. The Kier molecular flexibility index (Phi) is 6.66. The minimum atomic E-state index is -3.87. The van der Waals surface area contributed by atoms with E-state index in [1.54, 1.807) is 38.1 Å². The smallest absolute Gasteiger partial charge is 0.244 e. The minimum absolute atomic E-state index is 0.139. The van der Waals surface area contributed by atoms with Gasteiger partial charge in [0, 0.05) is 5.56 Å². The zero-order valence-electron chi connectivity index (χ0n) is 19.6. The number of hydrogen-bond donors (Lipinski definition) is 1. The van der Waals surface area contributed by atoms with Gasteiger partial charge in [-0.1, -0.05) is 78.1 Å². The van der Waals surface area contributed by atoms with Crippen molar-refractivity contribution >= 4 is 10.0 Å². The Labute approximate surface area is 202 Å². The van der Waals surface area contributed by atoms with E-state index >= 15 is 0 Å². The zero-order valence-corrected chi connectivity index (χ0v) is 20.4. The summed E-state index contributed by atoms with van der Waals surface area (Å²) in [6, 6.07) is 25.2. The Morgan fingerprint density at radius 3 is 2.21 bits per heavy atom. The average Bonchev–Trinajstić information content (AvgIpc) is 3.46. The van der Waals surface area contributed by atoms with E-state index in [2.05, 4.69) is 11.8 Å². The lowest BCUT2D eigenvalue weighted by Crippen LogP contribution is -2.44. The first-order chi connectivity index (χ1) is 16.2. The Bertz CT molecular complexity index is 1290. The molecule has 0 aliphatic carbocycles. The summed E-state index contributed by atoms with van der Waals surface area (Å²) in [6.45, 7) is 5.69. The highest BCUT2D eigenvalue weighted by atomic mass is 32.2. The van der Waals surface area contributed by atoms with Crippen LogP contribution in [-0.2, 0) is 21.4 Å². The van der Waals surface area contributed by atoms with Gasteiger partial charge in [-0.05, 0) is 50.6 Å². The number of rotatable bonds is 7. The van der Waals surface area contributed by atoms with Crippen LogP contribution in [0.3, 0.4) is 0 Å². The largest absolute Gasteiger partial charge is 0.376 e. The third-order valence-electron chi connectivity index (χ3n) is 6.50. The van der Waals surface area contributed by atoms with Crippen LogP contribution >= 0.6 is 0 Å². The fourth-order valence-electron chi connectivity index (χ4n) is 4.14. The molecular weight excluding hydrogens is 446 g/mol. The van der Waals surface area contributed by atoms with Gasteiger partial charge in [0.05, 0.1) is 29.7 Å². The van der Waals surface area contributed by atoms with Gasteiger partial charge in [0.2, 0.25) is 10.0 Å². The second-order valence-electron chi connectivity index (χ2n) is 8.97. The van der Waals surface area contributed by atoms with Gasteiger partial charge in [-0.15, -0.1) is 0 Å². The molecule has 3 aromatic rings. The summed E-state index contributed by atoms with van der Waals surface area (Å²) in [5.74, 6) is 5.91. The number of aliphatic hydroxyl groups is 1. The monoisotopic (exact) mass is 475 g/mol. The molecule has 0 amide bonds. The van der Waals surface area contributed by atoms with Gasteiger partial charge in [-0.2, -0.15) is 4.31 Å². The third kappa shape index (κ3) is 4.66. The van der Waals surface area contributed by atoms with Crippen molar-refractivity contribution in [3.8, 4) is 11.8 Å². The number of sulfonamides is 1. The number of aryl methyl sites for hydroxylation is 1. The summed E-state index contributed by atoms with van der Waals surface area (Å²) in [5, 5.41) is 11.5. The SMILES string of the molecule is Cc1ccc(S(=O)(=O)N2[C@H](COCc3ccccc3)[C@@]2(C)[C@@](C)(O)C#Cc2ccccc2)cc1. The molecule has 1 unspecified atom stereocenters. The maximum atomic E-state index is 13.6. The van der Waals surface area contributed by atoms with Gasteiger partial charge < -0.3 is 9.84 Å². The molecule has 6 heteroatoms. The van der Waals surface area contributed by atoms with E-state index in [0.29, 0.717) is 6.61 Å². The number of nitrogens with zero attached hydrogens (tertiary/aromatic N) is 1. The number of ether oxygens (including phenoxy) is 1. The summed E-state index contributed by atoms with van der Waals surface area (Å²) in [4.78, 5) is 0.182. The molecule has 0 bridgehead atoms. The molecule has 1 saturated heterocycles. The Balaban J connectivity index is 1.63. The van der Waals surface area contributed by atoms with E-state index in [1.165, 1.54) is 4.31 Å². The molecule has 1 heterocycles. The summed E-state index contributed by atoms with van der Waals surface area (Å²) in [6.07, 6.45) is 0. The summed E-state index contributed by atoms with van der Waals surface area (Å²) in [7, 11) is -3.87. The van der Waals surface area contributed by atoms with Crippen LogP contribution in [0.15, 0.2) is 89.8 Å². The fraction of sp³-hybridized carbons (Fsp3) is 0.286. The molecule has 34 heavy (non-hydrogen) atoms. The highest BCUT2D eigenvalue weighted by Gasteiger charge is 2.73. The summed E-state index contributed by atoms with van der Waals surface area (Å²) >= 11 is 0. The molecule has 1 fully saturated rings. The van der Waals surface area contributed by atoms with Crippen molar-refractivity contribution in [2.24, 2.45) is 0 Å². The van der Waals surface area contributed by atoms with Crippen LogP contribution < -0.4 is 0 Å². The van der Waals surface area contributed by atoms with Crippen LogP contribution in [0, 0.1) is 18.8 Å². The first-order valence-corrected chi connectivity index (χ1v) is 12.6. The van der Waals surface area contributed by atoms with E-state index < -0.39 is 27.2 Å². The normalized spacial score (nSPS) is 23.4. The van der Waals surface area contributed by atoms with Crippen molar-refractivity contribution in [1.29, 1.82) is 0 Å². The van der Waals surface area contributed by atoms with E-state index in [-0.39, 0.29) is 11.5 Å². The van der Waals surface area contributed by atoms with E-state index in [0.717, 1.165) is 16.7 Å². The van der Waals surface area contributed by atoms with Gasteiger partial charge in [0.25, 0.3) is 0 Å². The van der Waals surface area contributed by atoms with Gasteiger partial charge in [0.1, 0.15) is 5.60 Å². The second-order valence-corrected chi connectivity index (χ2v) is 10.8. The van der Waals surface area contributed by atoms with Gasteiger partial charge in [0.15, 0.2) is 0 Å². The van der Waals surface area contributed by atoms with Crippen LogP contribution in [0.1, 0.15) is 30.5 Å². The predicted molar refractivity (Wildman–Crippen MR) is 132 cm³/mol. The highest BCUT2D eigenvalue weighted by molar-refractivity contribution is 7.89. The lowest BCUT2D eigenvalue weighted by molar-refractivity contribution is 0.0628. The molecule has 176 valence electrons. The first-order valence-electron chi connectivity index (χ1n) is 11.2. The van der Waals surface area contributed by atoms with Crippen molar-refractivity contribution in [2.45, 2.75) is 49.5 Å². The molecule has 4 atom stereocenters. The van der Waals surface area contributed by atoms with Crippen molar-refractivity contribution in [3.63, 3.8) is 0 Å². The lowest BCUT2D eigenvalue weighted by atomic mass is 9.87. The minimum Gasteiger partial charge on any atom is -0.376 e. The van der Waals surface area contributed by atoms with Crippen molar-refractivity contribution in [2.75, 3.05) is 6.61 Å². The predicted octanol–water partition coefficient (Wildman–Crippen LogP) is 4.15. The number of hydrogen-bond acceptors (Lipinski definition) is 4. The Morgan fingerprint density at radius 2 is 1.59 bits per heavy atom. The molecule has 1 N–H and O–H groups in total. The number of benzene rings is 3. The van der Waals surface area contributed by atoms with Crippen LogP contribution in [0.5, 0.6) is 0 Å². The van der Waals surface area contributed by atoms with E-state index in [4.69, 9.17) is 4.74 Å². The molecule has 1 aliphatic rings. The molecule has 0 saturated carbocycles. The second kappa shape index (κ2) is 9.36. The van der Waals surface area contributed by atoms with Gasteiger partial charge in [-0.25, -0.2) is 8.42 Å². The van der Waals surface area contributed by atoms with Crippen LogP contribution in [-0.4, -0.2) is 41.6 Å². The highest BCUT2D eigenvalue weighted by Crippen LogP contribution is 2.52. The molecule has 0 aromatic heterocycles. The summed E-state index contributed by atoms with van der Waals surface area (Å²) in [5.41, 5.74) is -0.0578. The Morgan fingerprint density at radius 1 is 1.00 bits per heavy atom. The molecule has 5 nitrogen and oxygen atoms in total. The van der Waals surface area contributed by atoms with Gasteiger partial charge >= 0.3 is 0 Å². The van der Waals surface area contributed by atoms with Crippen LogP contribution in [0.4, 0.5) is 0 Å². The topological polar surface area (TPSA) is 66.6 Å². The van der Waals surface area contributed by atoms with Crippen molar-refractivity contribution in [1.82, 2.24) is 4.31 Å². The third-order valence-corrected chi connectivity index (χ3v) is 8.52. The molecule has 0 radical (unpaired) electrons. The standard InChI is InChI=1S/C28H29NO4S/c1-22-14-16-25(17-15-22)34(31,32)29-26(21-33-20-24-12-8-5-9-13-24)28(29,3)27(2,30)19-18-23-10-6-4-7-11-23/h4-17,26,30H,20-21H2,1-3H3/t26-,27+,28+,29?/m1/s1. The van der Waals surface area contributed by atoms with Crippen LogP contribution in [0.2, 0.25) is 0 Å². The van der Waals surface area contributed by atoms with Crippen molar-refractivity contribution < 1.29 is 18.3 Å². The fourth-order valence-corrected chi connectivity index (χ4v) is 6.20. The lowest BCUT2D eigenvalue weighted by Gasteiger charge is -2.26. The molecule has 0 spiro atoms.